The van der Waals surface area contributed by atoms with Crippen molar-refractivity contribution in [2.45, 2.75) is 25.7 Å². The molecule has 0 bridgehead atoms. The summed E-state index contributed by atoms with van der Waals surface area (Å²) < 4.78 is 1.22. The molecule has 2 nitrogen and oxygen atoms in total. The van der Waals surface area contributed by atoms with Crippen LogP contribution in [-0.4, -0.2) is 19.6 Å². The van der Waals surface area contributed by atoms with Gasteiger partial charge >= 0.3 is 0 Å². The molecule has 1 saturated carbocycles. The molecule has 0 unspecified atom stereocenters. The number of nitrogens with one attached hydrogen (secondary N) is 1. The largest absolute Gasteiger partial charge is 0.330 e. The van der Waals surface area contributed by atoms with E-state index in [9.17, 15) is 0 Å². The van der Waals surface area contributed by atoms with Crippen LogP contribution in [-0.2, 0) is 6.42 Å². The zero-order chi connectivity index (χ0) is 11.4. The Bertz CT molecular complexity index is 328. The zero-order valence-corrected chi connectivity index (χ0v) is 11.9. The molecular weight excluding hydrogens is 284 g/mol. The van der Waals surface area contributed by atoms with Gasteiger partial charge in [0.15, 0.2) is 0 Å². The van der Waals surface area contributed by atoms with Crippen LogP contribution in [0.3, 0.4) is 0 Å². The highest BCUT2D eigenvalue weighted by Crippen LogP contribution is 2.39. The van der Waals surface area contributed by atoms with E-state index in [4.69, 9.17) is 5.73 Å². The van der Waals surface area contributed by atoms with Gasteiger partial charge in [-0.1, -0.05) is 6.42 Å². The summed E-state index contributed by atoms with van der Waals surface area (Å²) in [5.74, 6) is 0. The fraction of sp³-hybridized carbons (Fsp3) is 0.667. The Balaban J connectivity index is 1.65. The van der Waals surface area contributed by atoms with Crippen molar-refractivity contribution >= 4 is 27.3 Å². The molecule has 1 fully saturated rings. The van der Waals surface area contributed by atoms with Gasteiger partial charge in [-0.05, 0) is 65.8 Å². The number of halogens is 1. The molecule has 2 rings (SSSR count). The molecule has 1 aromatic rings. The minimum Gasteiger partial charge on any atom is -0.330 e. The van der Waals surface area contributed by atoms with E-state index in [-0.39, 0.29) is 0 Å². The standard InChI is InChI=1S/C12H19BrN2S/c13-11-3-2-10(16-11)4-7-15-9-12(8-14)5-1-6-12/h2-3,15H,1,4-9,14H2. The molecular formula is C12H19BrN2S. The smallest absolute Gasteiger partial charge is 0.0701 e. The molecule has 0 aliphatic heterocycles. The molecule has 0 radical (unpaired) electrons. The topological polar surface area (TPSA) is 38.0 Å². The van der Waals surface area contributed by atoms with Gasteiger partial charge in [-0.3, -0.25) is 0 Å². The predicted molar refractivity (Wildman–Crippen MR) is 73.9 cm³/mol. The minimum atomic E-state index is 0.427. The molecule has 1 aliphatic carbocycles. The van der Waals surface area contributed by atoms with Gasteiger partial charge in [-0.25, -0.2) is 0 Å². The maximum absolute atomic E-state index is 5.82. The summed E-state index contributed by atoms with van der Waals surface area (Å²) in [4.78, 5) is 1.44. The van der Waals surface area contributed by atoms with E-state index in [1.54, 1.807) is 0 Å². The second kappa shape index (κ2) is 5.63. The molecule has 16 heavy (non-hydrogen) atoms. The normalized spacial score (nSPS) is 18.4. The third kappa shape index (κ3) is 3.06. The van der Waals surface area contributed by atoms with Gasteiger partial charge in [0.1, 0.15) is 0 Å². The van der Waals surface area contributed by atoms with E-state index >= 15 is 0 Å². The van der Waals surface area contributed by atoms with Crippen LogP contribution < -0.4 is 11.1 Å². The predicted octanol–water partition coefficient (Wildman–Crippen LogP) is 2.77. The van der Waals surface area contributed by atoms with Gasteiger partial charge in [0.2, 0.25) is 0 Å². The first-order valence-corrected chi connectivity index (χ1v) is 7.50. The zero-order valence-electron chi connectivity index (χ0n) is 9.47. The molecule has 1 aliphatic rings. The van der Waals surface area contributed by atoms with Gasteiger partial charge in [-0.2, -0.15) is 0 Å². The van der Waals surface area contributed by atoms with Crippen LogP contribution in [0.2, 0.25) is 0 Å². The lowest BCUT2D eigenvalue weighted by atomic mass is 9.69. The molecule has 3 N–H and O–H groups in total. The molecule has 0 atom stereocenters. The highest BCUT2D eigenvalue weighted by atomic mass is 79.9. The first-order valence-electron chi connectivity index (χ1n) is 5.89. The van der Waals surface area contributed by atoms with Crippen LogP contribution in [0.5, 0.6) is 0 Å². The molecule has 4 heteroatoms. The van der Waals surface area contributed by atoms with Crippen LogP contribution in [0, 0.1) is 5.41 Å². The summed E-state index contributed by atoms with van der Waals surface area (Å²) in [7, 11) is 0. The van der Waals surface area contributed by atoms with Crippen molar-refractivity contribution in [1.82, 2.24) is 5.32 Å². The number of rotatable bonds is 6. The fourth-order valence-electron chi connectivity index (χ4n) is 2.18. The Morgan fingerprint density at radius 1 is 1.44 bits per heavy atom. The second-order valence-corrected chi connectivity index (χ2v) is 7.24. The van der Waals surface area contributed by atoms with Crippen molar-refractivity contribution in [3.8, 4) is 0 Å². The third-order valence-corrected chi connectivity index (χ3v) is 5.21. The Kier molecular flexibility index (Phi) is 4.41. The molecule has 1 heterocycles. The maximum atomic E-state index is 5.82. The van der Waals surface area contributed by atoms with Gasteiger partial charge < -0.3 is 11.1 Å². The first-order chi connectivity index (χ1) is 7.74. The summed E-state index contributed by atoms with van der Waals surface area (Å²) >= 11 is 5.31. The summed E-state index contributed by atoms with van der Waals surface area (Å²) in [6.45, 7) is 3.00. The van der Waals surface area contributed by atoms with Gasteiger partial charge in [0, 0.05) is 11.4 Å². The van der Waals surface area contributed by atoms with E-state index < -0.39 is 0 Å². The van der Waals surface area contributed by atoms with Crippen molar-refractivity contribution < 1.29 is 0 Å². The number of hydrogen-bond donors (Lipinski definition) is 2. The molecule has 0 amide bonds. The summed E-state index contributed by atoms with van der Waals surface area (Å²) in [6.07, 6.45) is 5.09. The van der Waals surface area contributed by atoms with Crippen molar-refractivity contribution in [2.24, 2.45) is 11.1 Å². The molecule has 0 aromatic carbocycles. The van der Waals surface area contributed by atoms with Crippen molar-refractivity contribution in [2.75, 3.05) is 19.6 Å². The molecule has 1 aromatic heterocycles. The first kappa shape index (κ1) is 12.6. The minimum absolute atomic E-state index is 0.427. The summed E-state index contributed by atoms with van der Waals surface area (Å²) in [5.41, 5.74) is 6.25. The SMILES string of the molecule is NCC1(CNCCc2ccc(Br)s2)CCC1. The Morgan fingerprint density at radius 2 is 2.25 bits per heavy atom. The second-order valence-electron chi connectivity index (χ2n) is 4.69. The third-order valence-electron chi connectivity index (χ3n) is 3.52. The van der Waals surface area contributed by atoms with Crippen molar-refractivity contribution in [1.29, 1.82) is 0 Å². The maximum Gasteiger partial charge on any atom is 0.0701 e. The summed E-state index contributed by atoms with van der Waals surface area (Å²) in [5, 5.41) is 3.55. The van der Waals surface area contributed by atoms with Crippen LogP contribution >= 0.6 is 27.3 Å². The Hall–Kier alpha value is 0.1000. The average molecular weight is 303 g/mol. The van der Waals surface area contributed by atoms with E-state index in [0.29, 0.717) is 5.41 Å². The quantitative estimate of drug-likeness (QED) is 0.793. The lowest BCUT2D eigenvalue weighted by molar-refractivity contribution is 0.142. The Labute approximate surface area is 110 Å². The van der Waals surface area contributed by atoms with Gasteiger partial charge in [0.25, 0.3) is 0 Å². The van der Waals surface area contributed by atoms with Crippen LogP contribution in [0.25, 0.3) is 0 Å². The monoisotopic (exact) mass is 302 g/mol. The highest BCUT2D eigenvalue weighted by molar-refractivity contribution is 9.11. The van der Waals surface area contributed by atoms with Crippen LogP contribution in [0.1, 0.15) is 24.1 Å². The number of thiophene rings is 1. The number of hydrogen-bond acceptors (Lipinski definition) is 3. The van der Waals surface area contributed by atoms with Gasteiger partial charge in [0.05, 0.1) is 3.79 Å². The molecule has 0 spiro atoms. The van der Waals surface area contributed by atoms with Crippen LogP contribution in [0.15, 0.2) is 15.9 Å². The van der Waals surface area contributed by atoms with E-state index in [1.807, 2.05) is 11.3 Å². The van der Waals surface area contributed by atoms with Crippen LogP contribution in [0.4, 0.5) is 0 Å². The van der Waals surface area contributed by atoms with E-state index in [0.717, 1.165) is 26.1 Å². The van der Waals surface area contributed by atoms with Crippen molar-refractivity contribution in [3.05, 3.63) is 20.8 Å². The lowest BCUT2D eigenvalue weighted by Gasteiger charge is -2.41. The fourth-order valence-corrected chi connectivity index (χ4v) is 3.66. The lowest BCUT2D eigenvalue weighted by Crippen LogP contribution is -2.45. The summed E-state index contributed by atoms with van der Waals surface area (Å²) in [6, 6.07) is 4.31. The average Bonchev–Trinajstić information content (AvgIpc) is 2.62. The van der Waals surface area contributed by atoms with Crippen molar-refractivity contribution in [3.63, 3.8) is 0 Å². The molecule has 0 saturated heterocycles. The van der Waals surface area contributed by atoms with Gasteiger partial charge in [-0.15, -0.1) is 11.3 Å². The van der Waals surface area contributed by atoms with E-state index in [1.165, 1.54) is 27.9 Å². The highest BCUT2D eigenvalue weighted by Gasteiger charge is 2.34. The molecule has 90 valence electrons. The number of nitrogens with two attached hydrogens (primary N) is 1. The van der Waals surface area contributed by atoms with E-state index in [2.05, 4.69) is 33.4 Å². The Morgan fingerprint density at radius 3 is 2.75 bits per heavy atom.